The first-order valence-electron chi connectivity index (χ1n) is 6.20. The lowest BCUT2D eigenvalue weighted by molar-refractivity contribution is -0.137. The maximum Gasteiger partial charge on any atom is 0.305 e. The van der Waals surface area contributed by atoms with Crippen LogP contribution in [0.2, 0.25) is 5.02 Å². The standard InChI is InChI=1S/C13H16ClN3O2/c1-8(2)5-11-16-10-6-9(14)7-15-13(10)17(11)4-3-12(18)19/h6-8H,3-5H2,1-2H3,(H,18,19). The molecular formula is C13H16ClN3O2. The highest BCUT2D eigenvalue weighted by molar-refractivity contribution is 6.31. The van der Waals surface area contributed by atoms with Gasteiger partial charge in [-0.3, -0.25) is 4.79 Å². The normalized spacial score (nSPS) is 11.4. The fourth-order valence-electron chi connectivity index (χ4n) is 2.00. The lowest BCUT2D eigenvalue weighted by Gasteiger charge is -2.08. The molecule has 5 nitrogen and oxygen atoms in total. The van der Waals surface area contributed by atoms with Gasteiger partial charge in [0.2, 0.25) is 0 Å². The van der Waals surface area contributed by atoms with Crippen molar-refractivity contribution in [2.75, 3.05) is 0 Å². The van der Waals surface area contributed by atoms with Crippen LogP contribution in [0.5, 0.6) is 0 Å². The minimum atomic E-state index is -0.827. The van der Waals surface area contributed by atoms with Crippen molar-refractivity contribution in [2.24, 2.45) is 5.92 Å². The summed E-state index contributed by atoms with van der Waals surface area (Å²) < 4.78 is 1.87. The molecule has 0 atom stereocenters. The van der Waals surface area contributed by atoms with E-state index in [0.29, 0.717) is 28.6 Å². The molecule has 0 aliphatic rings. The molecule has 0 radical (unpaired) electrons. The van der Waals surface area contributed by atoms with Crippen LogP contribution in [-0.4, -0.2) is 25.6 Å². The van der Waals surface area contributed by atoms with E-state index in [9.17, 15) is 4.79 Å². The monoisotopic (exact) mass is 281 g/mol. The molecule has 2 heterocycles. The Labute approximate surface area is 116 Å². The second kappa shape index (κ2) is 5.57. The number of imidazole rings is 1. The summed E-state index contributed by atoms with van der Waals surface area (Å²) in [7, 11) is 0. The zero-order valence-electron chi connectivity index (χ0n) is 10.9. The van der Waals surface area contributed by atoms with Gasteiger partial charge in [0, 0.05) is 19.2 Å². The molecule has 6 heteroatoms. The van der Waals surface area contributed by atoms with Gasteiger partial charge in [0.1, 0.15) is 11.3 Å². The second-order valence-corrected chi connectivity index (χ2v) is 5.35. The van der Waals surface area contributed by atoms with Gasteiger partial charge in [-0.1, -0.05) is 25.4 Å². The zero-order chi connectivity index (χ0) is 14.0. The van der Waals surface area contributed by atoms with E-state index < -0.39 is 5.97 Å². The lowest BCUT2D eigenvalue weighted by atomic mass is 10.1. The number of hydrogen-bond acceptors (Lipinski definition) is 3. The predicted molar refractivity (Wildman–Crippen MR) is 73.3 cm³/mol. The smallest absolute Gasteiger partial charge is 0.305 e. The van der Waals surface area contributed by atoms with Gasteiger partial charge < -0.3 is 9.67 Å². The topological polar surface area (TPSA) is 68.0 Å². The Bertz CT molecular complexity index is 607. The number of carboxylic acid groups (broad SMARTS) is 1. The Kier molecular flexibility index (Phi) is 4.04. The van der Waals surface area contributed by atoms with E-state index in [2.05, 4.69) is 23.8 Å². The van der Waals surface area contributed by atoms with Gasteiger partial charge in [-0.2, -0.15) is 0 Å². The molecule has 2 aromatic heterocycles. The van der Waals surface area contributed by atoms with Gasteiger partial charge >= 0.3 is 5.97 Å². The van der Waals surface area contributed by atoms with Crippen LogP contribution in [0.4, 0.5) is 0 Å². The Balaban J connectivity index is 2.45. The van der Waals surface area contributed by atoms with E-state index in [0.717, 1.165) is 12.2 Å². The minimum Gasteiger partial charge on any atom is -0.481 e. The summed E-state index contributed by atoms with van der Waals surface area (Å²) in [5.41, 5.74) is 1.41. The molecule has 0 bridgehead atoms. The van der Waals surface area contributed by atoms with Crippen molar-refractivity contribution in [3.63, 3.8) is 0 Å². The number of carbonyl (C=O) groups is 1. The van der Waals surface area contributed by atoms with Crippen molar-refractivity contribution in [3.05, 3.63) is 23.1 Å². The highest BCUT2D eigenvalue weighted by atomic mass is 35.5. The maximum absolute atomic E-state index is 10.7. The number of pyridine rings is 1. The number of aromatic nitrogens is 3. The molecule has 0 aromatic carbocycles. The first-order chi connectivity index (χ1) is 8.97. The summed E-state index contributed by atoms with van der Waals surface area (Å²) >= 11 is 5.91. The Morgan fingerprint density at radius 2 is 2.26 bits per heavy atom. The molecule has 0 saturated carbocycles. The van der Waals surface area contributed by atoms with E-state index in [4.69, 9.17) is 16.7 Å². The first kappa shape index (κ1) is 13.8. The van der Waals surface area contributed by atoms with Crippen LogP contribution in [0, 0.1) is 5.92 Å². The van der Waals surface area contributed by atoms with Gasteiger partial charge in [-0.15, -0.1) is 0 Å². The summed E-state index contributed by atoms with van der Waals surface area (Å²) in [4.78, 5) is 19.5. The number of rotatable bonds is 5. The van der Waals surface area contributed by atoms with Crippen molar-refractivity contribution >= 4 is 28.7 Å². The van der Waals surface area contributed by atoms with Crippen LogP contribution in [0.25, 0.3) is 11.2 Å². The van der Waals surface area contributed by atoms with Crippen molar-refractivity contribution in [3.8, 4) is 0 Å². The van der Waals surface area contributed by atoms with Crippen LogP contribution < -0.4 is 0 Å². The average molecular weight is 282 g/mol. The van der Waals surface area contributed by atoms with E-state index in [1.807, 2.05) is 4.57 Å². The summed E-state index contributed by atoms with van der Waals surface area (Å²) in [6.07, 6.45) is 2.40. The van der Waals surface area contributed by atoms with Crippen LogP contribution in [0.1, 0.15) is 26.1 Å². The maximum atomic E-state index is 10.7. The largest absolute Gasteiger partial charge is 0.481 e. The van der Waals surface area contributed by atoms with Gasteiger partial charge in [-0.05, 0) is 12.0 Å². The van der Waals surface area contributed by atoms with Crippen molar-refractivity contribution in [1.29, 1.82) is 0 Å². The number of fused-ring (bicyclic) bond motifs is 1. The number of hydrogen-bond donors (Lipinski definition) is 1. The molecule has 19 heavy (non-hydrogen) atoms. The Morgan fingerprint density at radius 1 is 1.53 bits per heavy atom. The molecule has 0 aliphatic carbocycles. The van der Waals surface area contributed by atoms with Gasteiger partial charge in [-0.25, -0.2) is 9.97 Å². The number of aryl methyl sites for hydroxylation is 1. The van der Waals surface area contributed by atoms with E-state index >= 15 is 0 Å². The molecule has 2 rings (SSSR count). The number of halogens is 1. The molecule has 0 fully saturated rings. The molecule has 0 saturated heterocycles. The molecule has 0 spiro atoms. The fraction of sp³-hybridized carbons (Fsp3) is 0.462. The van der Waals surface area contributed by atoms with E-state index in [1.165, 1.54) is 0 Å². The lowest BCUT2D eigenvalue weighted by Crippen LogP contribution is -2.10. The quantitative estimate of drug-likeness (QED) is 0.915. The third-order valence-electron chi connectivity index (χ3n) is 2.77. The molecular weight excluding hydrogens is 266 g/mol. The second-order valence-electron chi connectivity index (χ2n) is 4.92. The van der Waals surface area contributed by atoms with Gasteiger partial charge in [0.05, 0.1) is 11.4 Å². The van der Waals surface area contributed by atoms with E-state index in [-0.39, 0.29) is 6.42 Å². The molecule has 1 N–H and O–H groups in total. The number of aliphatic carboxylic acids is 1. The van der Waals surface area contributed by atoms with Crippen LogP contribution in [0.15, 0.2) is 12.3 Å². The number of nitrogens with zero attached hydrogens (tertiary/aromatic N) is 3. The molecule has 0 aliphatic heterocycles. The van der Waals surface area contributed by atoms with Gasteiger partial charge in [0.25, 0.3) is 0 Å². The van der Waals surface area contributed by atoms with Crippen LogP contribution >= 0.6 is 11.6 Å². The summed E-state index contributed by atoms with van der Waals surface area (Å²) in [6, 6.07) is 1.75. The average Bonchev–Trinajstić information content (AvgIpc) is 2.61. The first-order valence-corrected chi connectivity index (χ1v) is 6.57. The molecule has 2 aromatic rings. The van der Waals surface area contributed by atoms with Crippen molar-refractivity contribution in [2.45, 2.75) is 33.2 Å². The molecule has 0 unspecified atom stereocenters. The van der Waals surface area contributed by atoms with Crippen molar-refractivity contribution in [1.82, 2.24) is 14.5 Å². The fourth-order valence-corrected chi connectivity index (χ4v) is 2.15. The van der Waals surface area contributed by atoms with E-state index in [1.54, 1.807) is 12.3 Å². The summed E-state index contributed by atoms with van der Waals surface area (Å²) in [5.74, 6) is 0.475. The predicted octanol–water partition coefficient (Wildman–Crippen LogP) is 2.76. The number of carboxylic acids is 1. The third kappa shape index (κ3) is 3.23. The van der Waals surface area contributed by atoms with Crippen LogP contribution in [0.3, 0.4) is 0 Å². The minimum absolute atomic E-state index is 0.0564. The van der Waals surface area contributed by atoms with Gasteiger partial charge in [0.15, 0.2) is 5.65 Å². The zero-order valence-corrected chi connectivity index (χ0v) is 11.7. The Hall–Kier alpha value is -1.62. The Morgan fingerprint density at radius 3 is 2.89 bits per heavy atom. The molecule has 0 amide bonds. The molecule has 102 valence electrons. The summed E-state index contributed by atoms with van der Waals surface area (Å²) in [5, 5.41) is 9.36. The van der Waals surface area contributed by atoms with Crippen LogP contribution in [-0.2, 0) is 17.8 Å². The SMILES string of the molecule is CC(C)Cc1nc2cc(Cl)cnc2n1CCC(=O)O. The highest BCUT2D eigenvalue weighted by Crippen LogP contribution is 2.20. The van der Waals surface area contributed by atoms with Crippen molar-refractivity contribution < 1.29 is 9.90 Å². The third-order valence-corrected chi connectivity index (χ3v) is 2.98. The summed E-state index contributed by atoms with van der Waals surface area (Å²) in [6.45, 7) is 4.57. The highest BCUT2D eigenvalue weighted by Gasteiger charge is 2.14.